The molecule has 0 aromatic carbocycles. The van der Waals surface area contributed by atoms with Gasteiger partial charge in [0, 0.05) is 16.2 Å². The summed E-state index contributed by atoms with van der Waals surface area (Å²) in [4.78, 5) is 17.9. The molecule has 0 aliphatic heterocycles. The van der Waals surface area contributed by atoms with Gasteiger partial charge in [0.2, 0.25) is 5.13 Å². The molecule has 0 saturated heterocycles. The Balaban J connectivity index is 2.07. The molecule has 0 bridgehead atoms. The first kappa shape index (κ1) is 13.1. The van der Waals surface area contributed by atoms with Crippen LogP contribution in [0.4, 0.5) is 0 Å². The molecule has 3 rings (SSSR count). The summed E-state index contributed by atoms with van der Waals surface area (Å²) in [6.45, 7) is 3.98. The topological polar surface area (TPSA) is 60.7 Å². The van der Waals surface area contributed by atoms with E-state index in [1.54, 1.807) is 27.4 Å². The Morgan fingerprint density at radius 1 is 1.40 bits per heavy atom. The van der Waals surface area contributed by atoms with Crippen molar-refractivity contribution in [3.05, 3.63) is 44.3 Å². The van der Waals surface area contributed by atoms with E-state index in [4.69, 9.17) is 0 Å². The molecule has 0 spiro atoms. The van der Waals surface area contributed by atoms with Crippen molar-refractivity contribution in [1.29, 1.82) is 0 Å². The molecule has 0 aliphatic rings. The molecule has 0 N–H and O–H groups in total. The third kappa shape index (κ3) is 2.30. The minimum atomic E-state index is 0.379. The third-order valence-corrected chi connectivity index (χ3v) is 4.95. The monoisotopic (exact) mass is 304 g/mol. The summed E-state index contributed by atoms with van der Waals surface area (Å²) in [5, 5.41) is 10.8. The number of rotatable bonds is 4. The predicted molar refractivity (Wildman–Crippen MR) is 79.0 cm³/mol. The second-order valence-electron chi connectivity index (χ2n) is 4.35. The molecule has 3 heterocycles. The van der Waals surface area contributed by atoms with Gasteiger partial charge in [-0.3, -0.25) is 4.79 Å². The van der Waals surface area contributed by atoms with Gasteiger partial charge in [0.05, 0.1) is 11.4 Å². The van der Waals surface area contributed by atoms with E-state index in [1.807, 2.05) is 31.4 Å². The van der Waals surface area contributed by atoms with E-state index in [0.717, 1.165) is 27.7 Å². The Hall–Kier alpha value is -1.86. The lowest BCUT2D eigenvalue weighted by Gasteiger charge is -2.01. The lowest BCUT2D eigenvalue weighted by Crippen LogP contribution is -2.03. The van der Waals surface area contributed by atoms with Crippen LogP contribution in [0, 0.1) is 13.8 Å². The number of carbonyl (C=O) groups excluding carboxylic acids is 1. The second-order valence-corrected chi connectivity index (χ2v) is 6.56. The molecule has 0 atom stereocenters. The Morgan fingerprint density at radius 2 is 2.25 bits per heavy atom. The number of hydrogen-bond acceptors (Lipinski definition) is 6. The SMILES string of the molecule is Cc1nc(-n2nnc(C=O)c2Cc2cccs2)sc1C. The molecule has 0 amide bonds. The summed E-state index contributed by atoms with van der Waals surface area (Å²) in [7, 11) is 0. The largest absolute Gasteiger partial charge is 0.296 e. The maximum absolute atomic E-state index is 11.1. The molecule has 0 unspecified atom stereocenters. The van der Waals surface area contributed by atoms with Crippen LogP contribution in [-0.2, 0) is 6.42 Å². The predicted octanol–water partition coefficient (Wildman–Crippen LogP) is 2.81. The van der Waals surface area contributed by atoms with Gasteiger partial charge in [0.25, 0.3) is 0 Å². The Bertz CT molecular complexity index is 723. The number of aromatic nitrogens is 4. The molecule has 3 aromatic rings. The van der Waals surface area contributed by atoms with E-state index in [1.165, 1.54) is 4.88 Å². The normalized spacial score (nSPS) is 10.9. The fourth-order valence-electron chi connectivity index (χ4n) is 1.85. The number of thiazole rings is 1. The van der Waals surface area contributed by atoms with Crippen molar-refractivity contribution in [3.8, 4) is 5.13 Å². The van der Waals surface area contributed by atoms with E-state index < -0.39 is 0 Å². The zero-order valence-electron chi connectivity index (χ0n) is 11.0. The van der Waals surface area contributed by atoms with Gasteiger partial charge < -0.3 is 0 Å². The first-order valence-corrected chi connectivity index (χ1v) is 7.75. The van der Waals surface area contributed by atoms with Gasteiger partial charge in [-0.05, 0) is 25.3 Å². The number of nitrogens with zero attached hydrogens (tertiary/aromatic N) is 4. The Labute approximate surface area is 123 Å². The molecule has 5 nitrogen and oxygen atoms in total. The van der Waals surface area contributed by atoms with E-state index in [0.29, 0.717) is 12.1 Å². The van der Waals surface area contributed by atoms with Crippen molar-refractivity contribution in [2.75, 3.05) is 0 Å². The number of aryl methyl sites for hydroxylation is 2. The van der Waals surface area contributed by atoms with Crippen molar-refractivity contribution in [2.45, 2.75) is 20.3 Å². The fraction of sp³-hybridized carbons (Fsp3) is 0.231. The number of aldehydes is 1. The van der Waals surface area contributed by atoms with Crippen molar-refractivity contribution in [3.63, 3.8) is 0 Å². The van der Waals surface area contributed by atoms with Crippen LogP contribution in [0.5, 0.6) is 0 Å². The molecule has 0 saturated carbocycles. The van der Waals surface area contributed by atoms with Crippen LogP contribution in [0.3, 0.4) is 0 Å². The highest BCUT2D eigenvalue weighted by Crippen LogP contribution is 2.23. The lowest BCUT2D eigenvalue weighted by atomic mass is 10.2. The van der Waals surface area contributed by atoms with Crippen molar-refractivity contribution < 1.29 is 4.79 Å². The van der Waals surface area contributed by atoms with Gasteiger partial charge in [-0.15, -0.1) is 16.4 Å². The first-order chi connectivity index (χ1) is 9.69. The van der Waals surface area contributed by atoms with E-state index in [-0.39, 0.29) is 0 Å². The zero-order chi connectivity index (χ0) is 14.1. The smallest absolute Gasteiger partial charge is 0.212 e. The maximum atomic E-state index is 11.1. The summed E-state index contributed by atoms with van der Waals surface area (Å²) in [5.74, 6) is 0. The number of carbonyl (C=O) groups is 1. The summed E-state index contributed by atoms with van der Waals surface area (Å²) in [5.41, 5.74) is 2.15. The Kier molecular flexibility index (Phi) is 3.45. The molecular weight excluding hydrogens is 292 g/mol. The van der Waals surface area contributed by atoms with Crippen LogP contribution in [0.25, 0.3) is 5.13 Å². The maximum Gasteiger partial charge on any atom is 0.212 e. The van der Waals surface area contributed by atoms with Gasteiger partial charge in [0.1, 0.15) is 5.69 Å². The van der Waals surface area contributed by atoms with Gasteiger partial charge >= 0.3 is 0 Å². The van der Waals surface area contributed by atoms with Crippen LogP contribution < -0.4 is 0 Å². The number of hydrogen-bond donors (Lipinski definition) is 0. The summed E-state index contributed by atoms with van der Waals surface area (Å²) < 4.78 is 1.67. The van der Waals surface area contributed by atoms with Crippen LogP contribution in [0.1, 0.15) is 31.6 Å². The van der Waals surface area contributed by atoms with Crippen LogP contribution in [0.15, 0.2) is 17.5 Å². The van der Waals surface area contributed by atoms with Gasteiger partial charge in [-0.25, -0.2) is 4.98 Å². The Morgan fingerprint density at radius 3 is 2.85 bits per heavy atom. The quantitative estimate of drug-likeness (QED) is 0.695. The standard InChI is InChI=1S/C13H12N4OS2/c1-8-9(2)20-13(14-8)17-12(11(7-18)15-16-17)6-10-4-3-5-19-10/h3-5,7H,6H2,1-2H3. The molecular formula is C13H12N4OS2. The average Bonchev–Trinajstić information content (AvgIpc) is 3.13. The molecule has 3 aromatic heterocycles. The molecule has 0 aliphatic carbocycles. The van der Waals surface area contributed by atoms with E-state index in [2.05, 4.69) is 15.3 Å². The zero-order valence-corrected chi connectivity index (χ0v) is 12.7. The molecule has 102 valence electrons. The first-order valence-electron chi connectivity index (χ1n) is 6.05. The third-order valence-electron chi connectivity index (χ3n) is 3.03. The molecule has 0 fully saturated rings. The van der Waals surface area contributed by atoms with E-state index in [9.17, 15) is 4.79 Å². The van der Waals surface area contributed by atoms with Crippen molar-refractivity contribution in [2.24, 2.45) is 0 Å². The van der Waals surface area contributed by atoms with E-state index >= 15 is 0 Å². The average molecular weight is 304 g/mol. The summed E-state index contributed by atoms with van der Waals surface area (Å²) in [6, 6.07) is 4.03. The van der Waals surface area contributed by atoms with Crippen molar-refractivity contribution >= 4 is 29.0 Å². The molecule has 7 heteroatoms. The minimum absolute atomic E-state index is 0.379. The second kappa shape index (κ2) is 5.26. The molecule has 0 radical (unpaired) electrons. The highest BCUT2D eigenvalue weighted by atomic mass is 32.1. The van der Waals surface area contributed by atoms with Gasteiger partial charge in [0.15, 0.2) is 6.29 Å². The number of thiophene rings is 1. The van der Waals surface area contributed by atoms with Gasteiger partial charge in [-0.1, -0.05) is 22.6 Å². The fourth-order valence-corrected chi connectivity index (χ4v) is 3.44. The highest BCUT2D eigenvalue weighted by molar-refractivity contribution is 7.14. The van der Waals surface area contributed by atoms with Gasteiger partial charge in [-0.2, -0.15) is 4.68 Å². The lowest BCUT2D eigenvalue weighted by molar-refractivity contribution is 0.111. The highest BCUT2D eigenvalue weighted by Gasteiger charge is 2.17. The van der Waals surface area contributed by atoms with Crippen LogP contribution >= 0.6 is 22.7 Å². The molecule has 20 heavy (non-hydrogen) atoms. The van der Waals surface area contributed by atoms with Crippen molar-refractivity contribution in [1.82, 2.24) is 20.0 Å². The minimum Gasteiger partial charge on any atom is -0.296 e. The summed E-state index contributed by atoms with van der Waals surface area (Å²) in [6.07, 6.45) is 1.39. The van der Waals surface area contributed by atoms with Crippen LogP contribution in [-0.4, -0.2) is 26.3 Å². The summed E-state index contributed by atoms with van der Waals surface area (Å²) >= 11 is 3.21. The van der Waals surface area contributed by atoms with Crippen LogP contribution in [0.2, 0.25) is 0 Å².